The summed E-state index contributed by atoms with van der Waals surface area (Å²) in [5.74, 6) is -0.0825. The average Bonchev–Trinajstić information content (AvgIpc) is 2.67. The SMILES string of the molecule is C=CC(=O)N1CCO[C@H](c2ccc(-c3ccc(S(C)(=O)=O)cc3)cc2)C1. The lowest BCUT2D eigenvalue weighted by Gasteiger charge is -2.32. The number of morpholine rings is 1. The highest BCUT2D eigenvalue weighted by atomic mass is 32.2. The highest BCUT2D eigenvalue weighted by Crippen LogP contribution is 2.26. The van der Waals surface area contributed by atoms with E-state index in [2.05, 4.69) is 6.58 Å². The number of carbonyl (C=O) groups excluding carboxylic acids is 1. The van der Waals surface area contributed by atoms with Gasteiger partial charge in [0.1, 0.15) is 6.10 Å². The van der Waals surface area contributed by atoms with Crippen molar-refractivity contribution in [2.24, 2.45) is 0 Å². The Labute approximate surface area is 153 Å². The summed E-state index contributed by atoms with van der Waals surface area (Å²) in [5, 5.41) is 0. The smallest absolute Gasteiger partial charge is 0.246 e. The monoisotopic (exact) mass is 371 g/mol. The van der Waals surface area contributed by atoms with E-state index in [9.17, 15) is 13.2 Å². The summed E-state index contributed by atoms with van der Waals surface area (Å²) in [6.07, 6.45) is 2.36. The first kappa shape index (κ1) is 18.4. The van der Waals surface area contributed by atoms with Crippen molar-refractivity contribution in [2.75, 3.05) is 26.0 Å². The third-order valence-electron chi connectivity index (χ3n) is 4.45. The Hall–Kier alpha value is -2.44. The van der Waals surface area contributed by atoms with E-state index in [4.69, 9.17) is 4.74 Å². The summed E-state index contributed by atoms with van der Waals surface area (Å²) in [4.78, 5) is 13.8. The molecule has 0 bridgehead atoms. The zero-order valence-electron chi connectivity index (χ0n) is 14.6. The van der Waals surface area contributed by atoms with E-state index in [1.165, 1.54) is 12.3 Å². The van der Waals surface area contributed by atoms with Crippen LogP contribution in [0.2, 0.25) is 0 Å². The molecule has 0 aliphatic carbocycles. The number of ether oxygens (including phenoxy) is 1. The molecule has 1 saturated heterocycles. The number of nitrogens with zero attached hydrogens (tertiary/aromatic N) is 1. The lowest BCUT2D eigenvalue weighted by atomic mass is 10.0. The normalized spacial score (nSPS) is 17.7. The van der Waals surface area contributed by atoms with Crippen LogP contribution in [0.3, 0.4) is 0 Å². The van der Waals surface area contributed by atoms with Crippen LogP contribution in [0.15, 0.2) is 66.1 Å². The third-order valence-corrected chi connectivity index (χ3v) is 5.58. The van der Waals surface area contributed by atoms with Crippen molar-refractivity contribution in [2.45, 2.75) is 11.0 Å². The molecule has 3 rings (SSSR count). The molecule has 0 radical (unpaired) electrons. The Morgan fingerprint density at radius 1 is 1.12 bits per heavy atom. The number of rotatable bonds is 4. The van der Waals surface area contributed by atoms with Crippen LogP contribution in [0, 0.1) is 0 Å². The number of hydrogen-bond donors (Lipinski definition) is 0. The fraction of sp³-hybridized carbons (Fsp3) is 0.250. The lowest BCUT2D eigenvalue weighted by Crippen LogP contribution is -2.41. The maximum Gasteiger partial charge on any atom is 0.246 e. The van der Waals surface area contributed by atoms with Crippen LogP contribution in [0.1, 0.15) is 11.7 Å². The van der Waals surface area contributed by atoms with Crippen molar-refractivity contribution in [1.82, 2.24) is 4.90 Å². The van der Waals surface area contributed by atoms with E-state index in [-0.39, 0.29) is 12.0 Å². The van der Waals surface area contributed by atoms with Gasteiger partial charge in [0, 0.05) is 12.8 Å². The molecule has 0 spiro atoms. The van der Waals surface area contributed by atoms with E-state index in [0.29, 0.717) is 24.6 Å². The third kappa shape index (κ3) is 4.03. The summed E-state index contributed by atoms with van der Waals surface area (Å²) in [6.45, 7) is 5.11. The molecule has 1 aliphatic rings. The standard InChI is InChI=1S/C20H21NO4S/c1-3-20(22)21-12-13-25-19(14-21)17-6-4-15(5-7-17)16-8-10-18(11-9-16)26(2,23)24/h3-11,19H,1,12-14H2,2H3/t19-/m0/s1. The fourth-order valence-corrected chi connectivity index (χ4v) is 3.60. The van der Waals surface area contributed by atoms with Gasteiger partial charge in [-0.1, -0.05) is 43.0 Å². The Morgan fingerprint density at radius 3 is 2.23 bits per heavy atom. The molecule has 5 nitrogen and oxygen atoms in total. The summed E-state index contributed by atoms with van der Waals surface area (Å²) < 4.78 is 28.9. The average molecular weight is 371 g/mol. The fourth-order valence-electron chi connectivity index (χ4n) is 2.97. The molecule has 136 valence electrons. The van der Waals surface area contributed by atoms with Gasteiger partial charge in [0.05, 0.1) is 18.0 Å². The molecule has 1 fully saturated rings. The van der Waals surface area contributed by atoms with Crippen LogP contribution >= 0.6 is 0 Å². The first-order valence-corrected chi connectivity index (χ1v) is 10.2. The number of benzene rings is 2. The van der Waals surface area contributed by atoms with Crippen LogP contribution in [0.4, 0.5) is 0 Å². The molecule has 1 atom stereocenters. The Bertz CT molecular complexity index is 902. The van der Waals surface area contributed by atoms with Crippen molar-refractivity contribution in [3.05, 3.63) is 66.7 Å². The van der Waals surface area contributed by atoms with E-state index in [0.717, 1.165) is 16.7 Å². The van der Waals surface area contributed by atoms with Gasteiger partial charge in [-0.2, -0.15) is 0 Å². The van der Waals surface area contributed by atoms with Gasteiger partial charge in [0.15, 0.2) is 9.84 Å². The number of sulfone groups is 1. The minimum absolute atomic E-state index is 0.0825. The molecule has 2 aromatic rings. The van der Waals surface area contributed by atoms with Crippen LogP contribution in [0.25, 0.3) is 11.1 Å². The summed E-state index contributed by atoms with van der Waals surface area (Å²) in [5.41, 5.74) is 2.93. The van der Waals surface area contributed by atoms with E-state index < -0.39 is 9.84 Å². The summed E-state index contributed by atoms with van der Waals surface area (Å²) in [6, 6.07) is 14.7. The van der Waals surface area contributed by atoms with Crippen LogP contribution in [-0.2, 0) is 19.4 Å². The van der Waals surface area contributed by atoms with E-state index in [1.54, 1.807) is 29.2 Å². The lowest BCUT2D eigenvalue weighted by molar-refractivity contribution is -0.133. The molecule has 6 heteroatoms. The highest BCUT2D eigenvalue weighted by molar-refractivity contribution is 7.90. The molecule has 26 heavy (non-hydrogen) atoms. The van der Waals surface area contributed by atoms with Gasteiger partial charge in [-0.3, -0.25) is 4.79 Å². The molecule has 0 unspecified atom stereocenters. The minimum atomic E-state index is -3.19. The van der Waals surface area contributed by atoms with Crippen LogP contribution < -0.4 is 0 Å². The predicted octanol–water partition coefficient (Wildman–Crippen LogP) is 2.84. The minimum Gasteiger partial charge on any atom is -0.370 e. The molecule has 0 saturated carbocycles. The second-order valence-corrected chi connectivity index (χ2v) is 8.28. The Morgan fingerprint density at radius 2 is 1.69 bits per heavy atom. The van der Waals surface area contributed by atoms with E-state index in [1.807, 2.05) is 24.3 Å². The van der Waals surface area contributed by atoms with Gasteiger partial charge in [-0.15, -0.1) is 0 Å². The van der Waals surface area contributed by atoms with Gasteiger partial charge in [-0.25, -0.2) is 8.42 Å². The molecular formula is C20H21NO4S. The van der Waals surface area contributed by atoms with Gasteiger partial charge in [-0.05, 0) is 34.9 Å². The van der Waals surface area contributed by atoms with Crippen molar-refractivity contribution >= 4 is 15.7 Å². The topological polar surface area (TPSA) is 63.7 Å². The number of amides is 1. The van der Waals surface area contributed by atoms with Crippen molar-refractivity contribution in [3.63, 3.8) is 0 Å². The molecular weight excluding hydrogens is 350 g/mol. The van der Waals surface area contributed by atoms with Gasteiger partial charge in [0.25, 0.3) is 0 Å². The van der Waals surface area contributed by atoms with Gasteiger partial charge >= 0.3 is 0 Å². The quantitative estimate of drug-likeness (QED) is 0.776. The molecule has 0 aromatic heterocycles. The first-order valence-electron chi connectivity index (χ1n) is 8.32. The van der Waals surface area contributed by atoms with Crippen molar-refractivity contribution in [3.8, 4) is 11.1 Å². The zero-order valence-corrected chi connectivity index (χ0v) is 15.4. The first-order chi connectivity index (χ1) is 12.4. The number of hydrogen-bond acceptors (Lipinski definition) is 4. The summed E-state index contributed by atoms with van der Waals surface area (Å²) in [7, 11) is -3.19. The Balaban J connectivity index is 1.76. The largest absolute Gasteiger partial charge is 0.370 e. The van der Waals surface area contributed by atoms with Crippen molar-refractivity contribution < 1.29 is 17.9 Å². The number of carbonyl (C=O) groups is 1. The predicted molar refractivity (Wildman–Crippen MR) is 100 cm³/mol. The maximum absolute atomic E-state index is 11.8. The molecule has 1 aliphatic heterocycles. The van der Waals surface area contributed by atoms with Crippen LogP contribution in [-0.4, -0.2) is 45.2 Å². The molecule has 0 N–H and O–H groups in total. The second-order valence-electron chi connectivity index (χ2n) is 6.27. The van der Waals surface area contributed by atoms with E-state index >= 15 is 0 Å². The molecule has 2 aromatic carbocycles. The van der Waals surface area contributed by atoms with Crippen molar-refractivity contribution in [1.29, 1.82) is 0 Å². The van der Waals surface area contributed by atoms with Gasteiger partial charge < -0.3 is 9.64 Å². The molecule has 1 amide bonds. The second kappa shape index (κ2) is 7.43. The maximum atomic E-state index is 11.8. The molecule has 1 heterocycles. The zero-order chi connectivity index (χ0) is 18.7. The van der Waals surface area contributed by atoms with Crippen LogP contribution in [0.5, 0.6) is 0 Å². The highest BCUT2D eigenvalue weighted by Gasteiger charge is 2.24. The Kier molecular flexibility index (Phi) is 5.25. The summed E-state index contributed by atoms with van der Waals surface area (Å²) >= 11 is 0. The van der Waals surface area contributed by atoms with Gasteiger partial charge in [0.2, 0.25) is 5.91 Å².